The third-order valence-electron chi connectivity index (χ3n) is 3.67. The van der Waals surface area contributed by atoms with E-state index in [1.807, 2.05) is 30.3 Å². The Bertz CT molecular complexity index is 850. The van der Waals surface area contributed by atoms with Crippen LogP contribution in [0.1, 0.15) is 28.8 Å². The van der Waals surface area contributed by atoms with Crippen molar-refractivity contribution in [3.05, 3.63) is 61.5 Å². The van der Waals surface area contributed by atoms with Gasteiger partial charge in [0.2, 0.25) is 5.91 Å². The van der Waals surface area contributed by atoms with Crippen molar-refractivity contribution in [1.29, 1.82) is 5.26 Å². The molecule has 1 amide bonds. The van der Waals surface area contributed by atoms with Gasteiger partial charge in [0.05, 0.1) is 5.69 Å². The standard InChI is InChI=1S/C17H16BrN3O2/c1-10-12(11(2)20-17(23)13(10)9-19)7-8-16(22)21-15-6-4-3-5-14(15)18/h3-6H,7-8H2,1-2H3,(H,20,23)(H,21,22). The number of hydrogen-bond acceptors (Lipinski definition) is 3. The van der Waals surface area contributed by atoms with E-state index in [4.69, 9.17) is 5.26 Å². The van der Waals surface area contributed by atoms with Gasteiger partial charge in [-0.3, -0.25) is 9.59 Å². The number of aromatic nitrogens is 1. The molecule has 0 aliphatic carbocycles. The number of hydrogen-bond donors (Lipinski definition) is 2. The molecule has 0 spiro atoms. The lowest BCUT2D eigenvalue weighted by Gasteiger charge is -2.11. The highest BCUT2D eigenvalue weighted by molar-refractivity contribution is 9.10. The smallest absolute Gasteiger partial charge is 0.266 e. The maximum absolute atomic E-state index is 12.1. The van der Waals surface area contributed by atoms with Crippen molar-refractivity contribution < 1.29 is 4.79 Å². The molecule has 118 valence electrons. The molecule has 0 unspecified atom stereocenters. The summed E-state index contributed by atoms with van der Waals surface area (Å²) < 4.78 is 0.816. The Morgan fingerprint density at radius 1 is 1.35 bits per heavy atom. The molecule has 2 rings (SSSR count). The van der Waals surface area contributed by atoms with Crippen LogP contribution in [0.4, 0.5) is 5.69 Å². The van der Waals surface area contributed by atoms with E-state index in [2.05, 4.69) is 26.2 Å². The number of benzene rings is 1. The van der Waals surface area contributed by atoms with Crippen molar-refractivity contribution in [3.8, 4) is 6.07 Å². The number of carbonyl (C=O) groups excluding carboxylic acids is 1. The highest BCUT2D eigenvalue weighted by Crippen LogP contribution is 2.22. The molecule has 0 aliphatic rings. The number of nitrogens with one attached hydrogen (secondary N) is 2. The maximum Gasteiger partial charge on any atom is 0.266 e. The monoisotopic (exact) mass is 373 g/mol. The third-order valence-corrected chi connectivity index (χ3v) is 4.36. The minimum Gasteiger partial charge on any atom is -0.325 e. The fourth-order valence-electron chi connectivity index (χ4n) is 2.43. The van der Waals surface area contributed by atoms with Gasteiger partial charge in [0.1, 0.15) is 11.6 Å². The van der Waals surface area contributed by atoms with Crippen molar-refractivity contribution in [2.45, 2.75) is 26.7 Å². The van der Waals surface area contributed by atoms with Gasteiger partial charge < -0.3 is 10.3 Å². The summed E-state index contributed by atoms with van der Waals surface area (Å²) in [6.45, 7) is 3.51. The van der Waals surface area contributed by atoms with Crippen LogP contribution in [-0.4, -0.2) is 10.9 Å². The summed E-state index contributed by atoms with van der Waals surface area (Å²) in [7, 11) is 0. The minimum absolute atomic E-state index is 0.108. The normalized spacial score (nSPS) is 10.2. The Hall–Kier alpha value is -2.39. The maximum atomic E-state index is 12.1. The summed E-state index contributed by atoms with van der Waals surface area (Å²) in [4.78, 5) is 26.5. The quantitative estimate of drug-likeness (QED) is 0.862. The number of carbonyl (C=O) groups is 1. The zero-order valence-corrected chi connectivity index (χ0v) is 14.5. The van der Waals surface area contributed by atoms with E-state index in [0.29, 0.717) is 23.4 Å². The lowest BCUT2D eigenvalue weighted by atomic mass is 9.99. The number of aromatic amines is 1. The summed E-state index contributed by atoms with van der Waals surface area (Å²) >= 11 is 3.38. The molecule has 2 aromatic rings. The van der Waals surface area contributed by atoms with Gasteiger partial charge in [-0.25, -0.2) is 0 Å². The molecule has 0 bridgehead atoms. The number of pyridine rings is 1. The second kappa shape index (κ2) is 7.25. The van der Waals surface area contributed by atoms with Crippen LogP contribution in [0.5, 0.6) is 0 Å². The summed E-state index contributed by atoms with van der Waals surface area (Å²) in [5.74, 6) is -0.125. The van der Waals surface area contributed by atoms with Gasteiger partial charge in [0, 0.05) is 16.6 Å². The Balaban J connectivity index is 2.13. The van der Waals surface area contributed by atoms with Crippen molar-refractivity contribution in [2.24, 2.45) is 0 Å². The van der Waals surface area contributed by atoms with Crippen LogP contribution < -0.4 is 10.9 Å². The third kappa shape index (κ3) is 3.88. The van der Waals surface area contributed by atoms with Crippen LogP contribution in [-0.2, 0) is 11.2 Å². The topological polar surface area (TPSA) is 85.8 Å². The van der Waals surface area contributed by atoms with Gasteiger partial charge in [-0.15, -0.1) is 0 Å². The number of rotatable bonds is 4. The molecule has 0 radical (unpaired) electrons. The van der Waals surface area contributed by atoms with Crippen LogP contribution >= 0.6 is 15.9 Å². The van der Waals surface area contributed by atoms with E-state index in [9.17, 15) is 9.59 Å². The van der Waals surface area contributed by atoms with Crippen molar-refractivity contribution in [2.75, 3.05) is 5.32 Å². The van der Waals surface area contributed by atoms with E-state index in [1.165, 1.54) is 0 Å². The second-order valence-corrected chi connectivity index (χ2v) is 6.05. The molecule has 0 atom stereocenters. The molecule has 23 heavy (non-hydrogen) atoms. The molecule has 1 aromatic carbocycles. The first-order valence-electron chi connectivity index (χ1n) is 7.11. The van der Waals surface area contributed by atoms with Crippen molar-refractivity contribution >= 4 is 27.5 Å². The fourth-order valence-corrected chi connectivity index (χ4v) is 2.82. The van der Waals surface area contributed by atoms with E-state index in [-0.39, 0.29) is 23.5 Å². The average molecular weight is 374 g/mol. The van der Waals surface area contributed by atoms with Gasteiger partial charge in [-0.2, -0.15) is 5.26 Å². The van der Waals surface area contributed by atoms with Gasteiger partial charge in [0.25, 0.3) is 5.56 Å². The van der Waals surface area contributed by atoms with Crippen LogP contribution in [0.3, 0.4) is 0 Å². The summed E-state index contributed by atoms with van der Waals surface area (Å²) in [5.41, 5.74) is 2.61. The lowest BCUT2D eigenvalue weighted by Crippen LogP contribution is -2.18. The molecule has 0 saturated carbocycles. The number of nitrogens with zero attached hydrogens (tertiary/aromatic N) is 1. The van der Waals surface area contributed by atoms with Gasteiger partial charge in [0.15, 0.2) is 0 Å². The molecule has 1 heterocycles. The SMILES string of the molecule is Cc1[nH]c(=O)c(C#N)c(C)c1CCC(=O)Nc1ccccc1Br. The zero-order chi connectivity index (χ0) is 17.0. The Morgan fingerprint density at radius 2 is 2.04 bits per heavy atom. The largest absolute Gasteiger partial charge is 0.325 e. The van der Waals surface area contributed by atoms with E-state index < -0.39 is 0 Å². The van der Waals surface area contributed by atoms with Gasteiger partial charge >= 0.3 is 0 Å². The summed E-state index contributed by atoms with van der Waals surface area (Å²) in [5, 5.41) is 11.9. The molecule has 2 N–H and O–H groups in total. The Labute approximate surface area is 142 Å². The molecule has 1 aromatic heterocycles. The minimum atomic E-state index is -0.385. The highest BCUT2D eigenvalue weighted by Gasteiger charge is 2.13. The molecule has 6 heteroatoms. The fraction of sp³-hybridized carbons (Fsp3) is 0.235. The van der Waals surface area contributed by atoms with Crippen molar-refractivity contribution in [3.63, 3.8) is 0 Å². The first-order chi connectivity index (χ1) is 10.9. The molecule has 0 saturated heterocycles. The predicted octanol–water partition coefficient (Wildman–Crippen LogP) is 3.20. The number of para-hydroxylation sites is 1. The van der Waals surface area contributed by atoms with Crippen LogP contribution in [0.2, 0.25) is 0 Å². The molecule has 0 fully saturated rings. The average Bonchev–Trinajstić information content (AvgIpc) is 2.49. The van der Waals surface area contributed by atoms with E-state index >= 15 is 0 Å². The number of halogens is 1. The number of nitriles is 1. The van der Waals surface area contributed by atoms with Crippen LogP contribution in [0.25, 0.3) is 0 Å². The molecular weight excluding hydrogens is 358 g/mol. The Kier molecular flexibility index (Phi) is 5.35. The second-order valence-electron chi connectivity index (χ2n) is 5.20. The number of amides is 1. The summed E-state index contributed by atoms with van der Waals surface area (Å²) in [6, 6.07) is 9.29. The summed E-state index contributed by atoms with van der Waals surface area (Å²) in [6.07, 6.45) is 0.722. The molecule has 5 nitrogen and oxygen atoms in total. The van der Waals surface area contributed by atoms with E-state index in [1.54, 1.807) is 13.8 Å². The molecular formula is C17H16BrN3O2. The predicted molar refractivity (Wildman–Crippen MR) is 92.3 cm³/mol. The van der Waals surface area contributed by atoms with E-state index in [0.717, 1.165) is 10.0 Å². The Morgan fingerprint density at radius 3 is 2.70 bits per heavy atom. The highest BCUT2D eigenvalue weighted by atomic mass is 79.9. The van der Waals surface area contributed by atoms with Gasteiger partial charge in [-0.05, 0) is 59.5 Å². The number of H-pyrrole nitrogens is 1. The number of anilines is 1. The van der Waals surface area contributed by atoms with Crippen molar-refractivity contribution in [1.82, 2.24) is 4.98 Å². The first kappa shape index (κ1) is 17.0. The number of aryl methyl sites for hydroxylation is 1. The molecule has 0 aliphatic heterocycles. The van der Waals surface area contributed by atoms with Crippen LogP contribution in [0, 0.1) is 25.2 Å². The lowest BCUT2D eigenvalue weighted by molar-refractivity contribution is -0.116. The van der Waals surface area contributed by atoms with Crippen LogP contribution in [0.15, 0.2) is 33.5 Å². The van der Waals surface area contributed by atoms with Gasteiger partial charge in [-0.1, -0.05) is 12.1 Å². The first-order valence-corrected chi connectivity index (χ1v) is 7.90. The zero-order valence-electron chi connectivity index (χ0n) is 12.9.